The van der Waals surface area contributed by atoms with Gasteiger partial charge in [-0.15, -0.1) is 0 Å². The molecule has 1 rings (SSSR count). The Balaban J connectivity index is 2.75. The van der Waals surface area contributed by atoms with Gasteiger partial charge < -0.3 is 10.5 Å². The van der Waals surface area contributed by atoms with E-state index in [0.717, 1.165) is 5.56 Å². The van der Waals surface area contributed by atoms with Crippen molar-refractivity contribution < 1.29 is 9.53 Å². The van der Waals surface area contributed by atoms with Gasteiger partial charge in [-0.3, -0.25) is 0 Å². The van der Waals surface area contributed by atoms with Crippen molar-refractivity contribution in [3.05, 3.63) is 42.0 Å². The second-order valence-corrected chi connectivity index (χ2v) is 2.72. The Labute approximate surface area is 83.2 Å². The first-order valence-electron chi connectivity index (χ1n) is 4.43. The van der Waals surface area contributed by atoms with E-state index in [2.05, 4.69) is 0 Å². The third kappa shape index (κ3) is 2.94. The van der Waals surface area contributed by atoms with Gasteiger partial charge in [0.1, 0.15) is 0 Å². The molecule has 0 bridgehead atoms. The number of carbonyl (C=O) groups is 1. The average Bonchev–Trinajstić information content (AvgIpc) is 2.19. The van der Waals surface area contributed by atoms with Crippen molar-refractivity contribution in [2.24, 2.45) is 5.73 Å². The molecular formula is C11H13NO2. The zero-order valence-electron chi connectivity index (χ0n) is 8.07. The first-order chi connectivity index (χ1) is 6.74. The highest BCUT2D eigenvalue weighted by Gasteiger charge is 2.00. The van der Waals surface area contributed by atoms with Crippen LogP contribution in [0.2, 0.25) is 0 Å². The maximum atomic E-state index is 11.0. The van der Waals surface area contributed by atoms with E-state index in [9.17, 15) is 4.79 Å². The first kappa shape index (κ1) is 10.3. The molecule has 1 aromatic rings. The summed E-state index contributed by atoms with van der Waals surface area (Å²) in [5.74, 6) is -0.408. The quantitative estimate of drug-likeness (QED) is 0.582. The molecule has 74 valence electrons. The van der Waals surface area contributed by atoms with Gasteiger partial charge in [-0.2, -0.15) is 0 Å². The fourth-order valence-corrected chi connectivity index (χ4v) is 1.02. The molecular weight excluding hydrogens is 178 g/mol. The van der Waals surface area contributed by atoms with Crippen LogP contribution in [0.4, 0.5) is 0 Å². The van der Waals surface area contributed by atoms with Crippen LogP contribution in [0.3, 0.4) is 0 Å². The van der Waals surface area contributed by atoms with Gasteiger partial charge in [0.05, 0.1) is 6.61 Å². The van der Waals surface area contributed by atoms with Gasteiger partial charge in [-0.25, -0.2) is 4.79 Å². The fraction of sp³-hybridized carbons (Fsp3) is 0.182. The van der Waals surface area contributed by atoms with E-state index in [1.54, 1.807) is 6.92 Å². The van der Waals surface area contributed by atoms with Gasteiger partial charge in [0, 0.05) is 11.8 Å². The molecule has 0 atom stereocenters. The average molecular weight is 191 g/mol. The predicted octanol–water partition coefficient (Wildman–Crippen LogP) is 1.55. The van der Waals surface area contributed by atoms with Gasteiger partial charge in [-0.05, 0) is 12.5 Å². The van der Waals surface area contributed by atoms with E-state index in [-0.39, 0.29) is 0 Å². The van der Waals surface area contributed by atoms with E-state index >= 15 is 0 Å². The number of rotatable bonds is 3. The van der Waals surface area contributed by atoms with E-state index in [0.29, 0.717) is 12.3 Å². The van der Waals surface area contributed by atoms with Crippen molar-refractivity contribution in [1.29, 1.82) is 0 Å². The van der Waals surface area contributed by atoms with Gasteiger partial charge in [0.15, 0.2) is 0 Å². The van der Waals surface area contributed by atoms with Crippen LogP contribution in [-0.4, -0.2) is 12.6 Å². The Kier molecular flexibility index (Phi) is 3.73. The van der Waals surface area contributed by atoms with Crippen molar-refractivity contribution in [1.82, 2.24) is 0 Å². The van der Waals surface area contributed by atoms with E-state index in [1.807, 2.05) is 30.3 Å². The minimum absolute atomic E-state index is 0.359. The van der Waals surface area contributed by atoms with Crippen LogP contribution in [0.25, 0.3) is 5.70 Å². The van der Waals surface area contributed by atoms with Crippen LogP contribution >= 0.6 is 0 Å². The summed E-state index contributed by atoms with van der Waals surface area (Å²) >= 11 is 0. The number of hydrogen-bond donors (Lipinski definition) is 1. The molecule has 0 fully saturated rings. The van der Waals surface area contributed by atoms with E-state index in [4.69, 9.17) is 10.5 Å². The Morgan fingerprint density at radius 3 is 2.64 bits per heavy atom. The Morgan fingerprint density at radius 2 is 2.07 bits per heavy atom. The third-order valence-electron chi connectivity index (χ3n) is 1.67. The summed E-state index contributed by atoms with van der Waals surface area (Å²) in [6, 6.07) is 9.29. The number of ether oxygens (including phenoxy) is 1. The highest BCUT2D eigenvalue weighted by Crippen LogP contribution is 2.07. The Bertz CT molecular complexity index is 330. The second-order valence-electron chi connectivity index (χ2n) is 2.72. The molecule has 0 saturated carbocycles. The fourth-order valence-electron chi connectivity index (χ4n) is 1.02. The normalized spacial score (nSPS) is 11.1. The topological polar surface area (TPSA) is 52.3 Å². The molecule has 0 heterocycles. The monoisotopic (exact) mass is 191 g/mol. The number of nitrogens with two attached hydrogens (primary N) is 1. The molecule has 3 heteroatoms. The minimum Gasteiger partial charge on any atom is -0.463 e. The van der Waals surface area contributed by atoms with Gasteiger partial charge >= 0.3 is 5.97 Å². The molecule has 0 spiro atoms. The molecule has 0 aliphatic heterocycles. The van der Waals surface area contributed by atoms with Crippen LogP contribution in [0.1, 0.15) is 12.5 Å². The maximum absolute atomic E-state index is 11.0. The lowest BCUT2D eigenvalue weighted by Gasteiger charge is -2.01. The smallest absolute Gasteiger partial charge is 0.332 e. The van der Waals surface area contributed by atoms with Crippen LogP contribution in [0.5, 0.6) is 0 Å². The number of esters is 1. The summed E-state index contributed by atoms with van der Waals surface area (Å²) in [7, 11) is 0. The summed E-state index contributed by atoms with van der Waals surface area (Å²) in [5, 5.41) is 0. The molecule has 2 N–H and O–H groups in total. The largest absolute Gasteiger partial charge is 0.463 e. The van der Waals surface area contributed by atoms with Gasteiger partial charge in [-0.1, -0.05) is 30.3 Å². The van der Waals surface area contributed by atoms with Crippen LogP contribution < -0.4 is 5.73 Å². The first-order valence-corrected chi connectivity index (χ1v) is 4.43. The molecule has 0 unspecified atom stereocenters. The van der Waals surface area contributed by atoms with Crippen LogP contribution in [0, 0.1) is 0 Å². The number of benzene rings is 1. The summed E-state index contributed by atoms with van der Waals surface area (Å²) in [5.41, 5.74) is 6.93. The summed E-state index contributed by atoms with van der Waals surface area (Å²) in [6.45, 7) is 2.11. The Hall–Kier alpha value is -1.77. The molecule has 0 radical (unpaired) electrons. The molecule has 0 aromatic heterocycles. The predicted molar refractivity (Wildman–Crippen MR) is 55.2 cm³/mol. The second kappa shape index (κ2) is 5.07. The maximum Gasteiger partial charge on any atom is 0.332 e. The van der Waals surface area contributed by atoms with E-state index in [1.165, 1.54) is 6.08 Å². The highest BCUT2D eigenvalue weighted by molar-refractivity contribution is 5.90. The van der Waals surface area contributed by atoms with E-state index < -0.39 is 5.97 Å². The molecule has 3 nitrogen and oxygen atoms in total. The highest BCUT2D eigenvalue weighted by atomic mass is 16.5. The zero-order chi connectivity index (χ0) is 10.4. The lowest BCUT2D eigenvalue weighted by Crippen LogP contribution is -2.04. The van der Waals surface area contributed by atoms with Crippen molar-refractivity contribution in [2.75, 3.05) is 6.61 Å². The summed E-state index contributed by atoms with van der Waals surface area (Å²) in [4.78, 5) is 11.0. The molecule has 0 aliphatic rings. The molecule has 1 aromatic carbocycles. The molecule has 0 saturated heterocycles. The third-order valence-corrected chi connectivity index (χ3v) is 1.67. The van der Waals surface area contributed by atoms with Gasteiger partial charge in [0.25, 0.3) is 0 Å². The molecule has 0 aliphatic carbocycles. The summed E-state index contributed by atoms with van der Waals surface area (Å²) in [6.07, 6.45) is 1.29. The van der Waals surface area contributed by atoms with Crippen LogP contribution in [-0.2, 0) is 9.53 Å². The van der Waals surface area contributed by atoms with Crippen molar-refractivity contribution in [2.45, 2.75) is 6.92 Å². The molecule has 14 heavy (non-hydrogen) atoms. The van der Waals surface area contributed by atoms with Crippen molar-refractivity contribution in [3.63, 3.8) is 0 Å². The lowest BCUT2D eigenvalue weighted by molar-refractivity contribution is -0.137. The standard InChI is InChI=1S/C11H13NO2/c1-2-14-11(13)8-10(12)9-6-4-3-5-7-9/h3-8H,2,12H2,1H3/b10-8-. The van der Waals surface area contributed by atoms with Crippen molar-refractivity contribution >= 4 is 11.7 Å². The number of carbonyl (C=O) groups excluding carboxylic acids is 1. The Morgan fingerprint density at radius 1 is 1.43 bits per heavy atom. The van der Waals surface area contributed by atoms with Crippen LogP contribution in [0.15, 0.2) is 36.4 Å². The summed E-state index contributed by atoms with van der Waals surface area (Å²) < 4.78 is 4.74. The van der Waals surface area contributed by atoms with Gasteiger partial charge in [0.2, 0.25) is 0 Å². The number of hydrogen-bond acceptors (Lipinski definition) is 3. The lowest BCUT2D eigenvalue weighted by atomic mass is 10.1. The molecule has 0 amide bonds. The minimum atomic E-state index is -0.408. The SMILES string of the molecule is CCOC(=O)/C=C(\N)c1ccccc1. The van der Waals surface area contributed by atoms with Crippen molar-refractivity contribution in [3.8, 4) is 0 Å². The zero-order valence-corrected chi connectivity index (χ0v) is 8.07.